The number of hydrogen-bond donors (Lipinski definition) is 2. The van der Waals surface area contributed by atoms with Gasteiger partial charge in [-0.3, -0.25) is 14.7 Å². The van der Waals surface area contributed by atoms with E-state index in [-0.39, 0.29) is 24.5 Å². The summed E-state index contributed by atoms with van der Waals surface area (Å²) in [6, 6.07) is 18.6. The van der Waals surface area contributed by atoms with E-state index in [1.54, 1.807) is 17.0 Å². The number of hydrogen-bond acceptors (Lipinski definition) is 4. The molecule has 1 fully saturated rings. The van der Waals surface area contributed by atoms with Crippen LogP contribution in [-0.2, 0) is 4.79 Å². The number of ether oxygens (including phenoxy) is 1. The maximum Gasteiger partial charge on any atom is 0.269 e. The number of para-hydroxylation sites is 1. The van der Waals surface area contributed by atoms with E-state index in [9.17, 15) is 9.59 Å². The largest absolute Gasteiger partial charge is 0.489 e. The van der Waals surface area contributed by atoms with Crippen LogP contribution in [0, 0.1) is 0 Å². The van der Waals surface area contributed by atoms with Crippen LogP contribution in [-0.4, -0.2) is 52.6 Å². The van der Waals surface area contributed by atoms with Crippen molar-refractivity contribution < 1.29 is 14.3 Å². The maximum absolute atomic E-state index is 12.5. The van der Waals surface area contributed by atoms with Crippen molar-refractivity contribution in [2.45, 2.75) is 18.9 Å². The lowest BCUT2D eigenvalue weighted by molar-refractivity contribution is -0.131. The minimum absolute atomic E-state index is 0.0138. The summed E-state index contributed by atoms with van der Waals surface area (Å²) in [5, 5.41) is 10.1. The lowest BCUT2D eigenvalue weighted by Gasteiger charge is -2.32. The molecule has 0 aliphatic carbocycles. The third-order valence-electron chi connectivity index (χ3n) is 5.22. The van der Waals surface area contributed by atoms with Crippen LogP contribution in [0.2, 0.25) is 5.02 Å². The smallest absolute Gasteiger partial charge is 0.269 e. The Morgan fingerprint density at radius 1 is 1.10 bits per heavy atom. The molecule has 31 heavy (non-hydrogen) atoms. The van der Waals surface area contributed by atoms with Crippen molar-refractivity contribution >= 4 is 23.4 Å². The highest BCUT2D eigenvalue weighted by atomic mass is 35.5. The van der Waals surface area contributed by atoms with Crippen molar-refractivity contribution in [2.75, 3.05) is 19.6 Å². The third-order valence-corrected chi connectivity index (χ3v) is 5.53. The molecule has 2 N–H and O–H groups in total. The second kappa shape index (κ2) is 9.66. The molecule has 1 aliphatic heterocycles. The van der Waals surface area contributed by atoms with Gasteiger partial charge in [-0.1, -0.05) is 54.1 Å². The van der Waals surface area contributed by atoms with Gasteiger partial charge in [0.15, 0.2) is 0 Å². The fraction of sp³-hybridized carbons (Fsp3) is 0.261. The van der Waals surface area contributed by atoms with Crippen LogP contribution in [0.5, 0.6) is 5.75 Å². The number of halogens is 1. The minimum atomic E-state index is -0.361. The van der Waals surface area contributed by atoms with Crippen LogP contribution in [0.25, 0.3) is 11.3 Å². The van der Waals surface area contributed by atoms with Gasteiger partial charge in [0.25, 0.3) is 5.91 Å². The number of aromatic nitrogens is 2. The molecule has 3 aromatic rings. The summed E-state index contributed by atoms with van der Waals surface area (Å²) in [4.78, 5) is 26.6. The number of nitrogens with zero attached hydrogens (tertiary/aromatic N) is 2. The molecule has 2 heterocycles. The average Bonchev–Trinajstić information content (AvgIpc) is 3.30. The van der Waals surface area contributed by atoms with E-state index in [4.69, 9.17) is 16.3 Å². The molecule has 7 nitrogen and oxygen atoms in total. The van der Waals surface area contributed by atoms with Gasteiger partial charge in [-0.15, -0.1) is 0 Å². The molecule has 1 aliphatic rings. The molecule has 0 unspecified atom stereocenters. The summed E-state index contributed by atoms with van der Waals surface area (Å²) in [7, 11) is 0. The molecule has 1 saturated heterocycles. The van der Waals surface area contributed by atoms with Gasteiger partial charge in [0.1, 0.15) is 17.5 Å². The molecule has 160 valence electrons. The van der Waals surface area contributed by atoms with Gasteiger partial charge in [0, 0.05) is 31.5 Å². The first kappa shape index (κ1) is 20.9. The quantitative estimate of drug-likeness (QED) is 0.616. The van der Waals surface area contributed by atoms with Gasteiger partial charge in [0.05, 0.1) is 17.3 Å². The van der Waals surface area contributed by atoms with E-state index in [0.717, 1.165) is 5.56 Å². The monoisotopic (exact) mass is 438 g/mol. The highest BCUT2D eigenvalue weighted by molar-refractivity contribution is 6.32. The van der Waals surface area contributed by atoms with Crippen LogP contribution < -0.4 is 10.1 Å². The maximum atomic E-state index is 12.5. The molecule has 8 heteroatoms. The SMILES string of the molecule is O=C(NCC(=O)N1CCC(Oc2ccccc2Cl)CC1)c1cc(-c2ccccc2)n[nH]1. The van der Waals surface area contributed by atoms with Crippen molar-refractivity contribution in [3.05, 3.63) is 71.4 Å². The Morgan fingerprint density at radius 2 is 1.81 bits per heavy atom. The number of carbonyl (C=O) groups is 2. The van der Waals surface area contributed by atoms with Crippen molar-refractivity contribution in [3.63, 3.8) is 0 Å². The number of likely N-dealkylation sites (tertiary alicyclic amines) is 1. The van der Waals surface area contributed by atoms with Crippen molar-refractivity contribution in [1.29, 1.82) is 0 Å². The second-order valence-electron chi connectivity index (χ2n) is 7.34. The molecule has 0 saturated carbocycles. The lowest BCUT2D eigenvalue weighted by Crippen LogP contribution is -2.46. The van der Waals surface area contributed by atoms with E-state index in [2.05, 4.69) is 15.5 Å². The Bertz CT molecular complexity index is 1050. The summed E-state index contributed by atoms with van der Waals surface area (Å²) in [5.74, 6) is 0.183. The van der Waals surface area contributed by atoms with E-state index >= 15 is 0 Å². The molecule has 0 atom stereocenters. The van der Waals surface area contributed by atoms with Crippen molar-refractivity contribution in [1.82, 2.24) is 20.4 Å². The summed E-state index contributed by atoms with van der Waals surface area (Å²) in [6.45, 7) is 1.09. The van der Waals surface area contributed by atoms with Crippen molar-refractivity contribution in [3.8, 4) is 17.0 Å². The number of nitrogens with one attached hydrogen (secondary N) is 2. The van der Waals surface area contributed by atoms with E-state index in [0.29, 0.717) is 48.1 Å². The van der Waals surface area contributed by atoms with Crippen LogP contribution in [0.3, 0.4) is 0 Å². The first-order chi connectivity index (χ1) is 15.1. The van der Waals surface area contributed by atoms with E-state index in [1.807, 2.05) is 48.5 Å². The minimum Gasteiger partial charge on any atom is -0.489 e. The van der Waals surface area contributed by atoms with Crippen LogP contribution in [0.1, 0.15) is 23.3 Å². The number of amides is 2. The molecular formula is C23H23ClN4O3. The molecule has 4 rings (SSSR count). The van der Waals surface area contributed by atoms with Crippen LogP contribution >= 0.6 is 11.6 Å². The van der Waals surface area contributed by atoms with Gasteiger partial charge in [0.2, 0.25) is 5.91 Å². The van der Waals surface area contributed by atoms with Crippen molar-refractivity contribution in [2.24, 2.45) is 0 Å². The standard InChI is InChI=1S/C23H23ClN4O3/c24-18-8-4-5-9-21(18)31-17-10-12-28(13-11-17)22(29)15-25-23(30)20-14-19(26-27-20)16-6-2-1-3-7-16/h1-9,14,17H,10-13,15H2,(H,25,30)(H,26,27). The zero-order valence-electron chi connectivity index (χ0n) is 16.9. The van der Waals surface area contributed by atoms with Gasteiger partial charge < -0.3 is 15.0 Å². The molecule has 0 radical (unpaired) electrons. The fourth-order valence-electron chi connectivity index (χ4n) is 3.50. The summed E-state index contributed by atoms with van der Waals surface area (Å²) < 4.78 is 5.96. The van der Waals surface area contributed by atoms with Crippen LogP contribution in [0.15, 0.2) is 60.7 Å². The molecular weight excluding hydrogens is 416 g/mol. The van der Waals surface area contributed by atoms with Gasteiger partial charge >= 0.3 is 0 Å². The zero-order chi connectivity index (χ0) is 21.6. The Morgan fingerprint density at radius 3 is 2.55 bits per heavy atom. The normalized spacial score (nSPS) is 14.3. The zero-order valence-corrected chi connectivity index (χ0v) is 17.6. The average molecular weight is 439 g/mol. The molecule has 1 aromatic heterocycles. The number of benzene rings is 2. The third kappa shape index (κ3) is 5.24. The predicted molar refractivity (Wildman–Crippen MR) is 118 cm³/mol. The Hall–Kier alpha value is -3.32. The van der Waals surface area contributed by atoms with Crippen LogP contribution in [0.4, 0.5) is 0 Å². The predicted octanol–water partition coefficient (Wildman–Crippen LogP) is 3.53. The Balaban J connectivity index is 1.24. The number of carbonyl (C=O) groups excluding carboxylic acids is 2. The van der Waals surface area contributed by atoms with Gasteiger partial charge in [-0.2, -0.15) is 5.10 Å². The highest BCUT2D eigenvalue weighted by Crippen LogP contribution is 2.26. The topological polar surface area (TPSA) is 87.3 Å². The lowest BCUT2D eigenvalue weighted by atomic mass is 10.1. The number of piperidine rings is 1. The second-order valence-corrected chi connectivity index (χ2v) is 7.75. The molecule has 0 bridgehead atoms. The highest BCUT2D eigenvalue weighted by Gasteiger charge is 2.24. The van der Waals surface area contributed by atoms with E-state index in [1.165, 1.54) is 0 Å². The Kier molecular flexibility index (Phi) is 6.52. The summed E-state index contributed by atoms with van der Waals surface area (Å²) in [6.07, 6.45) is 1.44. The summed E-state index contributed by atoms with van der Waals surface area (Å²) in [5.41, 5.74) is 1.91. The number of aromatic amines is 1. The fourth-order valence-corrected chi connectivity index (χ4v) is 3.68. The first-order valence-corrected chi connectivity index (χ1v) is 10.6. The first-order valence-electron chi connectivity index (χ1n) is 10.2. The molecule has 0 spiro atoms. The van der Waals surface area contributed by atoms with Gasteiger partial charge in [-0.05, 0) is 18.2 Å². The Labute approximate surface area is 185 Å². The summed E-state index contributed by atoms with van der Waals surface area (Å²) >= 11 is 6.14. The molecule has 2 aromatic carbocycles. The number of H-pyrrole nitrogens is 1. The van der Waals surface area contributed by atoms with Gasteiger partial charge in [-0.25, -0.2) is 0 Å². The van der Waals surface area contributed by atoms with E-state index < -0.39 is 0 Å². The number of rotatable bonds is 6. The molecule has 2 amide bonds.